The molecule has 20 heavy (non-hydrogen) atoms. The number of rotatable bonds is 4. The largest absolute Gasteiger partial charge is 0.465 e. The number of hydrogen-bond acceptors (Lipinski definition) is 5. The molecule has 0 unspecified atom stereocenters. The minimum atomic E-state index is -0.643. The Balaban J connectivity index is 3.18. The van der Waals surface area contributed by atoms with Crippen LogP contribution in [0.5, 0.6) is 0 Å². The lowest BCUT2D eigenvalue weighted by Crippen LogP contribution is -2.25. The Hall–Kier alpha value is -2.83. The molecule has 7 nitrogen and oxygen atoms in total. The first-order valence-electron chi connectivity index (χ1n) is 5.52. The number of amides is 2. The lowest BCUT2D eigenvalue weighted by Gasteiger charge is -2.11. The number of urea groups is 1. The van der Waals surface area contributed by atoms with E-state index in [1.165, 1.54) is 38.6 Å². The first-order chi connectivity index (χ1) is 9.53. The number of carbonyl (C=O) groups is 3. The van der Waals surface area contributed by atoms with Gasteiger partial charge in [-0.3, -0.25) is 0 Å². The van der Waals surface area contributed by atoms with Crippen LogP contribution in [0, 0.1) is 0 Å². The topological polar surface area (TPSA) is 93.7 Å². The molecule has 7 heteroatoms. The van der Waals surface area contributed by atoms with Gasteiger partial charge in [-0.15, -0.1) is 0 Å². The van der Waals surface area contributed by atoms with Crippen molar-refractivity contribution in [3.8, 4) is 0 Å². The number of nitrogens with one attached hydrogen (secondary N) is 2. The Morgan fingerprint density at radius 3 is 2.35 bits per heavy atom. The van der Waals surface area contributed by atoms with Crippen LogP contribution in [0.2, 0.25) is 0 Å². The Morgan fingerprint density at radius 2 is 1.80 bits per heavy atom. The van der Waals surface area contributed by atoms with Crippen LogP contribution in [-0.4, -0.2) is 32.2 Å². The van der Waals surface area contributed by atoms with Gasteiger partial charge in [0.15, 0.2) is 0 Å². The van der Waals surface area contributed by atoms with Crippen molar-refractivity contribution in [3.63, 3.8) is 0 Å². The van der Waals surface area contributed by atoms with Gasteiger partial charge in [0.25, 0.3) is 0 Å². The summed E-state index contributed by atoms with van der Waals surface area (Å²) >= 11 is 0. The summed E-state index contributed by atoms with van der Waals surface area (Å²) in [5.74, 6) is -1.23. The molecule has 2 N–H and O–H groups in total. The molecule has 0 aliphatic rings. The Labute approximate surface area is 115 Å². The van der Waals surface area contributed by atoms with Gasteiger partial charge in [0.05, 0.1) is 31.0 Å². The Morgan fingerprint density at radius 1 is 1.15 bits per heavy atom. The summed E-state index contributed by atoms with van der Waals surface area (Å²) in [6.07, 6.45) is 1.18. The van der Waals surface area contributed by atoms with Crippen molar-refractivity contribution in [2.45, 2.75) is 0 Å². The molecule has 1 rings (SSSR count). The average molecular weight is 278 g/mol. The molecular weight excluding hydrogens is 264 g/mol. The highest BCUT2D eigenvalue weighted by molar-refractivity contribution is 6.03. The van der Waals surface area contributed by atoms with Crippen LogP contribution in [0.15, 0.2) is 31.0 Å². The van der Waals surface area contributed by atoms with Gasteiger partial charge in [0.2, 0.25) is 0 Å². The number of hydrogen-bond donors (Lipinski definition) is 2. The van der Waals surface area contributed by atoms with Crippen molar-refractivity contribution in [1.29, 1.82) is 0 Å². The van der Waals surface area contributed by atoms with Crippen LogP contribution >= 0.6 is 0 Å². The summed E-state index contributed by atoms with van der Waals surface area (Å²) in [5.41, 5.74) is 0.424. The van der Waals surface area contributed by atoms with E-state index in [2.05, 4.69) is 26.7 Å². The molecule has 0 heterocycles. The van der Waals surface area contributed by atoms with E-state index >= 15 is 0 Å². The second-order valence-electron chi connectivity index (χ2n) is 3.55. The molecule has 0 saturated carbocycles. The first-order valence-corrected chi connectivity index (χ1v) is 5.52. The minimum absolute atomic E-state index is 0.111. The van der Waals surface area contributed by atoms with Gasteiger partial charge in [-0.2, -0.15) is 0 Å². The molecule has 0 spiro atoms. The summed E-state index contributed by atoms with van der Waals surface area (Å²) in [4.78, 5) is 34.5. The predicted molar refractivity (Wildman–Crippen MR) is 71.5 cm³/mol. The van der Waals surface area contributed by atoms with E-state index in [0.29, 0.717) is 0 Å². The molecule has 0 aliphatic heterocycles. The fraction of sp³-hybridized carbons (Fsp3) is 0.154. The zero-order valence-electron chi connectivity index (χ0n) is 11.1. The van der Waals surface area contributed by atoms with Crippen molar-refractivity contribution < 1.29 is 23.9 Å². The monoisotopic (exact) mass is 278 g/mol. The van der Waals surface area contributed by atoms with Crippen LogP contribution in [0.1, 0.15) is 20.7 Å². The van der Waals surface area contributed by atoms with E-state index in [4.69, 9.17) is 0 Å². The maximum Gasteiger partial charge on any atom is 0.339 e. The van der Waals surface area contributed by atoms with E-state index in [0.717, 1.165) is 0 Å². The van der Waals surface area contributed by atoms with E-state index in [9.17, 15) is 14.4 Å². The number of esters is 2. The smallest absolute Gasteiger partial charge is 0.339 e. The molecule has 0 radical (unpaired) electrons. The number of carbonyl (C=O) groups excluding carboxylic acids is 3. The van der Waals surface area contributed by atoms with Gasteiger partial charge >= 0.3 is 18.0 Å². The van der Waals surface area contributed by atoms with Crippen molar-refractivity contribution in [2.24, 2.45) is 0 Å². The molecule has 0 aromatic heterocycles. The number of methoxy groups -OCH3 is 2. The fourth-order valence-electron chi connectivity index (χ4n) is 1.43. The third-order valence-corrected chi connectivity index (χ3v) is 2.33. The summed E-state index contributed by atoms with van der Waals surface area (Å²) in [7, 11) is 2.44. The lowest BCUT2D eigenvalue weighted by molar-refractivity contribution is 0.0587. The maximum absolute atomic E-state index is 11.6. The van der Waals surface area contributed by atoms with E-state index in [-0.39, 0.29) is 16.8 Å². The number of anilines is 1. The molecule has 0 atom stereocenters. The second-order valence-corrected chi connectivity index (χ2v) is 3.55. The predicted octanol–water partition coefficient (Wildman–Crippen LogP) is 1.52. The lowest BCUT2D eigenvalue weighted by atomic mass is 10.1. The number of benzene rings is 1. The highest BCUT2D eigenvalue weighted by Crippen LogP contribution is 2.19. The minimum Gasteiger partial charge on any atom is -0.465 e. The van der Waals surface area contributed by atoms with E-state index < -0.39 is 18.0 Å². The molecule has 0 bridgehead atoms. The molecule has 1 aromatic rings. The van der Waals surface area contributed by atoms with Gasteiger partial charge < -0.3 is 20.1 Å². The maximum atomic E-state index is 11.6. The fourth-order valence-corrected chi connectivity index (χ4v) is 1.43. The van der Waals surface area contributed by atoms with E-state index in [1.54, 1.807) is 0 Å². The van der Waals surface area contributed by atoms with Gasteiger partial charge in [0, 0.05) is 0 Å². The molecule has 0 saturated heterocycles. The first kappa shape index (κ1) is 15.2. The summed E-state index contributed by atoms with van der Waals surface area (Å²) in [5, 5.41) is 4.70. The second kappa shape index (κ2) is 6.93. The van der Waals surface area contributed by atoms with Crippen LogP contribution in [0.3, 0.4) is 0 Å². The number of ether oxygens (including phenoxy) is 2. The summed E-state index contributed by atoms with van der Waals surface area (Å²) < 4.78 is 9.17. The van der Waals surface area contributed by atoms with Gasteiger partial charge in [0.1, 0.15) is 0 Å². The zero-order valence-corrected chi connectivity index (χ0v) is 11.1. The molecule has 2 amide bonds. The standard InChI is InChI=1S/C13H14N2O5/c1-4-14-13(18)15-10-7-8(11(16)19-2)5-6-9(10)12(17)20-3/h4-7H,1H2,2-3H3,(H2,14,15,18). The highest BCUT2D eigenvalue weighted by Gasteiger charge is 2.16. The van der Waals surface area contributed by atoms with Crippen molar-refractivity contribution in [1.82, 2.24) is 5.32 Å². The van der Waals surface area contributed by atoms with Crippen molar-refractivity contribution in [2.75, 3.05) is 19.5 Å². The third-order valence-electron chi connectivity index (χ3n) is 2.33. The van der Waals surface area contributed by atoms with Gasteiger partial charge in [-0.1, -0.05) is 6.58 Å². The van der Waals surface area contributed by atoms with Crippen LogP contribution in [0.25, 0.3) is 0 Å². The molecule has 0 aliphatic carbocycles. The summed E-state index contributed by atoms with van der Waals surface area (Å²) in [6, 6.07) is 3.48. The molecular formula is C13H14N2O5. The summed E-state index contributed by atoms with van der Waals surface area (Å²) in [6.45, 7) is 3.34. The van der Waals surface area contributed by atoms with Crippen molar-refractivity contribution >= 4 is 23.7 Å². The van der Waals surface area contributed by atoms with E-state index in [1.807, 2.05) is 0 Å². The SMILES string of the molecule is C=CNC(=O)Nc1cc(C(=O)OC)ccc1C(=O)OC. The van der Waals surface area contributed by atoms with Crippen LogP contribution in [0.4, 0.5) is 10.5 Å². The quantitative estimate of drug-likeness (QED) is 0.814. The van der Waals surface area contributed by atoms with Crippen LogP contribution in [-0.2, 0) is 9.47 Å². The van der Waals surface area contributed by atoms with Gasteiger partial charge in [-0.05, 0) is 24.4 Å². The molecule has 106 valence electrons. The Kier molecular flexibility index (Phi) is 5.28. The molecule has 0 fully saturated rings. The van der Waals surface area contributed by atoms with Crippen LogP contribution < -0.4 is 10.6 Å². The zero-order chi connectivity index (χ0) is 15.1. The van der Waals surface area contributed by atoms with Crippen molar-refractivity contribution in [3.05, 3.63) is 42.1 Å². The average Bonchev–Trinajstić information content (AvgIpc) is 2.45. The normalized spacial score (nSPS) is 9.30. The third kappa shape index (κ3) is 3.58. The van der Waals surface area contributed by atoms with Gasteiger partial charge in [-0.25, -0.2) is 14.4 Å². The highest BCUT2D eigenvalue weighted by atomic mass is 16.5. The molecule has 1 aromatic carbocycles. The Bertz CT molecular complexity index is 554.